The van der Waals surface area contributed by atoms with E-state index in [1.807, 2.05) is 26.8 Å². The topological polar surface area (TPSA) is 117 Å². The molecule has 10 heteroatoms. The molecule has 2 N–H and O–H groups in total. The highest BCUT2D eigenvalue weighted by Crippen LogP contribution is 2.20. The molecule has 3 heterocycles. The van der Waals surface area contributed by atoms with Crippen molar-refractivity contribution in [1.82, 2.24) is 19.6 Å². The molecule has 1 aromatic heterocycles. The van der Waals surface area contributed by atoms with Gasteiger partial charge in [-0.2, -0.15) is 0 Å². The lowest BCUT2D eigenvalue weighted by atomic mass is 10.1. The second-order valence-electron chi connectivity index (χ2n) is 6.03. The average molecular weight is 346 g/mol. The number of nitrogens with zero attached hydrogens (tertiary/aromatic N) is 6. The molecule has 0 spiro atoms. The molecular formula is C15H20N7O3+. The van der Waals surface area contributed by atoms with Crippen LogP contribution >= 0.6 is 0 Å². The second-order valence-corrected chi connectivity index (χ2v) is 6.03. The van der Waals surface area contributed by atoms with E-state index in [2.05, 4.69) is 10.1 Å². The molecule has 3 rings (SSSR count). The number of aliphatic imine (C=N–C) groups is 1. The quantitative estimate of drug-likeness (QED) is 0.699. The minimum atomic E-state index is -0.786. The van der Waals surface area contributed by atoms with Gasteiger partial charge in [0.1, 0.15) is 12.2 Å². The molecule has 0 aliphatic carbocycles. The van der Waals surface area contributed by atoms with Gasteiger partial charge in [0.2, 0.25) is 17.8 Å². The summed E-state index contributed by atoms with van der Waals surface area (Å²) in [4.78, 5) is 43.1. The molecule has 0 aromatic carbocycles. The fourth-order valence-corrected chi connectivity index (χ4v) is 3.13. The van der Waals surface area contributed by atoms with Gasteiger partial charge < -0.3 is 5.73 Å². The molecule has 2 aliphatic rings. The summed E-state index contributed by atoms with van der Waals surface area (Å²) in [5.74, 6) is -0.472. The molecular weight excluding hydrogens is 326 g/mol. The number of hydrogen-bond acceptors (Lipinski definition) is 5. The number of amidine groups is 1. The first kappa shape index (κ1) is 16.8. The Bertz CT molecular complexity index is 851. The van der Waals surface area contributed by atoms with Gasteiger partial charge in [-0.3, -0.25) is 19.4 Å². The molecule has 10 nitrogen and oxygen atoms in total. The Hall–Kier alpha value is -3.04. The molecule has 1 saturated heterocycles. The smallest absolute Gasteiger partial charge is 0.368 e. The fraction of sp³-hybridized carbons (Fsp3) is 0.467. The molecule has 132 valence electrons. The van der Waals surface area contributed by atoms with Crippen LogP contribution in [0.1, 0.15) is 18.3 Å². The van der Waals surface area contributed by atoms with Gasteiger partial charge in [-0.05, 0) is 26.8 Å². The highest BCUT2D eigenvalue weighted by atomic mass is 16.2. The van der Waals surface area contributed by atoms with Gasteiger partial charge in [-0.15, -0.1) is 9.78 Å². The molecule has 0 saturated carbocycles. The Morgan fingerprint density at radius 1 is 1.36 bits per heavy atom. The molecule has 1 aromatic rings. The first-order chi connectivity index (χ1) is 11.8. The minimum Gasteiger partial charge on any atom is -0.368 e. The number of imide groups is 1. The van der Waals surface area contributed by atoms with Crippen LogP contribution in [0.2, 0.25) is 0 Å². The van der Waals surface area contributed by atoms with Gasteiger partial charge in [0.25, 0.3) is 5.91 Å². The zero-order valence-electron chi connectivity index (χ0n) is 14.6. The van der Waals surface area contributed by atoms with E-state index in [4.69, 9.17) is 5.73 Å². The van der Waals surface area contributed by atoms with Crippen LogP contribution in [0.25, 0.3) is 0 Å². The molecule has 25 heavy (non-hydrogen) atoms. The molecule has 1 unspecified atom stereocenters. The van der Waals surface area contributed by atoms with E-state index in [0.29, 0.717) is 18.3 Å². The minimum absolute atomic E-state index is 0.320. The summed E-state index contributed by atoms with van der Waals surface area (Å²) in [7, 11) is 1.52. The predicted octanol–water partition coefficient (Wildman–Crippen LogP) is -1.10. The maximum absolute atomic E-state index is 12.8. The van der Waals surface area contributed by atoms with Gasteiger partial charge in [0.05, 0.1) is 12.2 Å². The second kappa shape index (κ2) is 5.80. The summed E-state index contributed by atoms with van der Waals surface area (Å²) in [6, 6.07) is 0.495. The summed E-state index contributed by atoms with van der Waals surface area (Å²) in [5, 5.41) is 4.41. The number of fused-ring (bicyclic) bond motifs is 1. The lowest BCUT2D eigenvalue weighted by molar-refractivity contribution is -0.534. The summed E-state index contributed by atoms with van der Waals surface area (Å²) in [5.41, 5.74) is 6.86. The third kappa shape index (κ3) is 2.49. The average Bonchev–Trinajstić information content (AvgIpc) is 3.08. The molecule has 2 aliphatic heterocycles. The Kier molecular flexibility index (Phi) is 3.90. The van der Waals surface area contributed by atoms with Crippen LogP contribution in [0.5, 0.6) is 0 Å². The lowest BCUT2D eigenvalue weighted by Crippen LogP contribution is -2.63. The fourth-order valence-electron chi connectivity index (χ4n) is 3.13. The Labute approximate surface area is 144 Å². The molecule has 4 amide bonds. The van der Waals surface area contributed by atoms with Gasteiger partial charge in [0, 0.05) is 7.05 Å². The van der Waals surface area contributed by atoms with E-state index in [0.717, 1.165) is 16.3 Å². The van der Waals surface area contributed by atoms with Crippen molar-refractivity contribution in [1.29, 1.82) is 0 Å². The monoisotopic (exact) mass is 346 g/mol. The van der Waals surface area contributed by atoms with Crippen molar-refractivity contribution < 1.29 is 19.0 Å². The van der Waals surface area contributed by atoms with E-state index in [9.17, 15) is 14.4 Å². The van der Waals surface area contributed by atoms with Crippen LogP contribution in [0.15, 0.2) is 11.1 Å². The third-order valence-electron chi connectivity index (χ3n) is 4.24. The third-order valence-corrected chi connectivity index (χ3v) is 4.24. The van der Waals surface area contributed by atoms with Crippen LogP contribution in [0, 0.1) is 13.8 Å². The predicted molar refractivity (Wildman–Crippen MR) is 88.2 cm³/mol. The van der Waals surface area contributed by atoms with Crippen molar-refractivity contribution in [2.45, 2.75) is 26.8 Å². The maximum Gasteiger partial charge on any atom is 0.421 e. The summed E-state index contributed by atoms with van der Waals surface area (Å²) in [6.45, 7) is 5.65. The zero-order chi connectivity index (χ0) is 18.5. The number of nitrogens with two attached hydrogens (primary N) is 1. The van der Waals surface area contributed by atoms with Crippen molar-refractivity contribution in [2.75, 3.05) is 20.1 Å². The Morgan fingerprint density at radius 2 is 2.04 bits per heavy atom. The number of carbonyl (C=O) groups excluding carboxylic acids is 3. The SMILES string of the molecule is CC[N+]1=C(n2nc(C)cc2C)N=C2C1C(=O)N(CC(N)=O)C(=O)N2C. The van der Waals surface area contributed by atoms with Gasteiger partial charge in [-0.25, -0.2) is 9.37 Å². The van der Waals surface area contributed by atoms with Crippen LogP contribution in [-0.4, -0.2) is 80.0 Å². The number of aryl methyl sites for hydroxylation is 2. The number of carbonyl (C=O) groups is 3. The van der Waals surface area contributed by atoms with Crippen molar-refractivity contribution in [2.24, 2.45) is 10.7 Å². The van der Waals surface area contributed by atoms with E-state index in [1.54, 1.807) is 9.26 Å². The van der Waals surface area contributed by atoms with Gasteiger partial charge in [0.15, 0.2) is 0 Å². The first-order valence-electron chi connectivity index (χ1n) is 7.89. The normalized spacial score (nSPS) is 20.3. The molecule has 1 fully saturated rings. The summed E-state index contributed by atoms with van der Waals surface area (Å²) in [6.07, 6.45) is 0. The number of aromatic nitrogens is 2. The highest BCUT2D eigenvalue weighted by Gasteiger charge is 2.53. The van der Waals surface area contributed by atoms with E-state index in [1.165, 1.54) is 11.9 Å². The van der Waals surface area contributed by atoms with Crippen molar-refractivity contribution >= 4 is 29.6 Å². The standard InChI is InChI=1S/C15H19N7O3/c1-5-20-11-12(17-14(20)22-9(3)6-8(2)18-22)19(4)15(25)21(13(11)24)7-10(16)23/h6,11H,5,7H2,1-4H3,(H-,16,23)/p+1. The number of primary amides is 1. The molecule has 0 bridgehead atoms. The summed E-state index contributed by atoms with van der Waals surface area (Å²) < 4.78 is 3.40. The Morgan fingerprint density at radius 3 is 2.56 bits per heavy atom. The largest absolute Gasteiger partial charge is 0.421 e. The van der Waals surface area contributed by atoms with Crippen LogP contribution in [-0.2, 0) is 9.59 Å². The Balaban J connectivity index is 2.12. The van der Waals surface area contributed by atoms with Crippen LogP contribution in [0.4, 0.5) is 4.79 Å². The zero-order valence-corrected chi connectivity index (χ0v) is 14.6. The van der Waals surface area contributed by atoms with Crippen LogP contribution in [0.3, 0.4) is 0 Å². The molecule has 1 atom stereocenters. The number of amides is 4. The lowest BCUT2D eigenvalue weighted by Gasteiger charge is -2.33. The van der Waals surface area contributed by atoms with E-state index in [-0.39, 0.29) is 0 Å². The van der Waals surface area contributed by atoms with Crippen molar-refractivity contribution in [3.05, 3.63) is 17.5 Å². The van der Waals surface area contributed by atoms with Gasteiger partial charge in [-0.1, -0.05) is 4.99 Å². The maximum atomic E-state index is 12.8. The number of hydrogen-bond donors (Lipinski definition) is 1. The summed E-state index contributed by atoms with van der Waals surface area (Å²) >= 11 is 0. The van der Waals surface area contributed by atoms with Gasteiger partial charge >= 0.3 is 12.0 Å². The van der Waals surface area contributed by atoms with Crippen molar-refractivity contribution in [3.8, 4) is 0 Å². The highest BCUT2D eigenvalue weighted by molar-refractivity contribution is 6.23. The van der Waals surface area contributed by atoms with Crippen LogP contribution < -0.4 is 5.73 Å². The molecule has 0 radical (unpaired) electrons. The first-order valence-corrected chi connectivity index (χ1v) is 7.89. The number of rotatable bonds is 3. The van der Waals surface area contributed by atoms with E-state index < -0.39 is 30.4 Å². The number of urea groups is 1. The van der Waals surface area contributed by atoms with E-state index >= 15 is 0 Å². The number of likely N-dealkylation sites (N-methyl/N-ethyl adjacent to an activating group) is 2. The van der Waals surface area contributed by atoms with Crippen molar-refractivity contribution in [3.63, 3.8) is 0 Å².